The van der Waals surface area contributed by atoms with E-state index < -0.39 is 0 Å². The van der Waals surface area contributed by atoms with Crippen molar-refractivity contribution in [2.45, 2.75) is 72.3 Å². The highest BCUT2D eigenvalue weighted by molar-refractivity contribution is 5.67. The summed E-state index contributed by atoms with van der Waals surface area (Å²) in [6.07, 6.45) is 7.00. The molecule has 0 aliphatic heterocycles. The van der Waals surface area contributed by atoms with Crippen LogP contribution in [0.2, 0.25) is 0 Å². The molecule has 0 aliphatic rings. The van der Waals surface area contributed by atoms with E-state index in [9.17, 15) is 4.79 Å². The normalized spacial score (nSPS) is 16.1. The van der Waals surface area contributed by atoms with Gasteiger partial charge in [-0.15, -0.1) is 0 Å². The lowest BCUT2D eigenvalue weighted by Gasteiger charge is -2.35. The number of amides is 1. The number of carbonyl (C=O) groups is 1. The molecule has 0 saturated carbocycles. The third kappa shape index (κ3) is 5.94. The Morgan fingerprint density at radius 1 is 1.29 bits per heavy atom. The fourth-order valence-corrected chi connectivity index (χ4v) is 2.07. The van der Waals surface area contributed by atoms with Gasteiger partial charge in [-0.05, 0) is 25.2 Å². The Balaban J connectivity index is 4.18. The summed E-state index contributed by atoms with van der Waals surface area (Å²) in [5, 5.41) is 2.90. The predicted molar refractivity (Wildman–Crippen MR) is 72.2 cm³/mol. The predicted octanol–water partition coefficient (Wildman–Crippen LogP) is 4.12. The van der Waals surface area contributed by atoms with Crippen LogP contribution in [0, 0.1) is 5.41 Å². The minimum Gasteiger partial charge on any atom is -0.453 e. The monoisotopic (exact) mass is 243 g/mol. The summed E-state index contributed by atoms with van der Waals surface area (Å²) in [6.45, 7) is 8.73. The Bertz CT molecular complexity index is 218. The van der Waals surface area contributed by atoms with Crippen molar-refractivity contribution >= 4 is 6.09 Å². The molecule has 0 fully saturated rings. The van der Waals surface area contributed by atoms with Crippen LogP contribution in [0.1, 0.15) is 66.2 Å². The number of hydrogen-bond acceptors (Lipinski definition) is 2. The SMILES string of the molecule is CCCCCCC(C)(CC)[C@H](C)NC(=O)OC. The summed E-state index contributed by atoms with van der Waals surface area (Å²) in [7, 11) is 1.41. The van der Waals surface area contributed by atoms with Crippen molar-refractivity contribution < 1.29 is 9.53 Å². The molecule has 2 atom stereocenters. The lowest BCUT2D eigenvalue weighted by Crippen LogP contribution is -2.44. The minimum atomic E-state index is -0.328. The molecule has 0 aromatic carbocycles. The molecule has 0 saturated heterocycles. The molecule has 3 heteroatoms. The van der Waals surface area contributed by atoms with Crippen molar-refractivity contribution in [3.63, 3.8) is 0 Å². The summed E-state index contributed by atoms with van der Waals surface area (Å²) in [5.41, 5.74) is 0.169. The zero-order chi connectivity index (χ0) is 13.3. The van der Waals surface area contributed by atoms with Gasteiger partial charge in [0.05, 0.1) is 7.11 Å². The standard InChI is InChI=1S/C14H29NO2/c1-6-8-9-10-11-14(4,7-2)12(3)15-13(16)17-5/h12H,6-11H2,1-5H3,(H,15,16)/t12-,14?/m0/s1. The molecule has 17 heavy (non-hydrogen) atoms. The van der Waals surface area contributed by atoms with Gasteiger partial charge < -0.3 is 10.1 Å². The van der Waals surface area contributed by atoms with Crippen LogP contribution in [0.25, 0.3) is 0 Å². The number of hydrogen-bond donors (Lipinski definition) is 1. The highest BCUT2D eigenvalue weighted by Crippen LogP contribution is 2.32. The van der Waals surface area contributed by atoms with Crippen molar-refractivity contribution in [3.05, 3.63) is 0 Å². The molecule has 0 spiro atoms. The maximum Gasteiger partial charge on any atom is 0.407 e. The van der Waals surface area contributed by atoms with E-state index in [0.29, 0.717) is 0 Å². The van der Waals surface area contributed by atoms with E-state index in [4.69, 9.17) is 0 Å². The molecule has 0 rings (SSSR count). The number of ether oxygens (including phenoxy) is 1. The van der Waals surface area contributed by atoms with E-state index in [1.807, 2.05) is 0 Å². The molecular weight excluding hydrogens is 214 g/mol. The first-order chi connectivity index (χ1) is 8.00. The van der Waals surface area contributed by atoms with Crippen LogP contribution in [0.15, 0.2) is 0 Å². The van der Waals surface area contributed by atoms with Gasteiger partial charge in [0.1, 0.15) is 0 Å². The van der Waals surface area contributed by atoms with Crippen LogP contribution < -0.4 is 5.32 Å². The Morgan fingerprint density at radius 3 is 2.41 bits per heavy atom. The minimum absolute atomic E-state index is 0.154. The molecule has 102 valence electrons. The van der Waals surface area contributed by atoms with Gasteiger partial charge in [-0.1, -0.05) is 46.5 Å². The lowest BCUT2D eigenvalue weighted by molar-refractivity contribution is 0.142. The van der Waals surface area contributed by atoms with Crippen LogP contribution in [0.4, 0.5) is 4.79 Å². The number of alkyl carbamates (subject to hydrolysis) is 1. The number of unbranched alkanes of at least 4 members (excludes halogenated alkanes) is 3. The van der Waals surface area contributed by atoms with E-state index in [0.717, 1.165) is 12.8 Å². The van der Waals surface area contributed by atoms with Crippen molar-refractivity contribution in [2.75, 3.05) is 7.11 Å². The van der Waals surface area contributed by atoms with Gasteiger partial charge in [0.25, 0.3) is 0 Å². The Kier molecular flexibility index (Phi) is 8.01. The highest BCUT2D eigenvalue weighted by atomic mass is 16.5. The van der Waals surface area contributed by atoms with Gasteiger partial charge in [-0.2, -0.15) is 0 Å². The second-order valence-corrected chi connectivity index (χ2v) is 5.18. The summed E-state index contributed by atoms with van der Waals surface area (Å²) in [6, 6.07) is 0.154. The van der Waals surface area contributed by atoms with E-state index in [1.165, 1.54) is 32.8 Å². The first-order valence-electron chi connectivity index (χ1n) is 6.84. The van der Waals surface area contributed by atoms with Crippen LogP contribution in [-0.2, 0) is 4.74 Å². The van der Waals surface area contributed by atoms with Crippen molar-refractivity contribution in [3.8, 4) is 0 Å². The Hall–Kier alpha value is -0.730. The second-order valence-electron chi connectivity index (χ2n) is 5.18. The lowest BCUT2D eigenvalue weighted by atomic mass is 9.76. The molecule has 1 N–H and O–H groups in total. The molecule has 3 nitrogen and oxygen atoms in total. The average Bonchev–Trinajstić information content (AvgIpc) is 2.34. The van der Waals surface area contributed by atoms with Crippen molar-refractivity contribution in [1.29, 1.82) is 0 Å². The molecule has 0 heterocycles. The van der Waals surface area contributed by atoms with Gasteiger partial charge in [-0.3, -0.25) is 0 Å². The molecule has 0 radical (unpaired) electrons. The largest absolute Gasteiger partial charge is 0.453 e. The van der Waals surface area contributed by atoms with Crippen LogP contribution in [-0.4, -0.2) is 19.2 Å². The fourth-order valence-electron chi connectivity index (χ4n) is 2.07. The van der Waals surface area contributed by atoms with Crippen LogP contribution in [0.5, 0.6) is 0 Å². The molecule has 0 aromatic heterocycles. The Labute approximate surface area is 106 Å². The second kappa shape index (κ2) is 8.37. The maximum absolute atomic E-state index is 11.2. The molecule has 1 amide bonds. The maximum atomic E-state index is 11.2. The number of carbonyl (C=O) groups excluding carboxylic acids is 1. The van der Waals surface area contributed by atoms with E-state index in [1.54, 1.807) is 0 Å². The van der Waals surface area contributed by atoms with E-state index in [-0.39, 0.29) is 17.6 Å². The first-order valence-corrected chi connectivity index (χ1v) is 6.84. The molecule has 0 bridgehead atoms. The van der Waals surface area contributed by atoms with Gasteiger partial charge in [0.2, 0.25) is 0 Å². The quantitative estimate of drug-likeness (QED) is 0.651. The van der Waals surface area contributed by atoms with E-state index >= 15 is 0 Å². The first kappa shape index (κ1) is 16.3. The van der Waals surface area contributed by atoms with Crippen LogP contribution >= 0.6 is 0 Å². The van der Waals surface area contributed by atoms with Gasteiger partial charge >= 0.3 is 6.09 Å². The third-order valence-corrected chi connectivity index (χ3v) is 3.97. The Morgan fingerprint density at radius 2 is 1.94 bits per heavy atom. The van der Waals surface area contributed by atoms with Gasteiger partial charge in [0, 0.05) is 6.04 Å². The van der Waals surface area contributed by atoms with Crippen LogP contribution in [0.3, 0.4) is 0 Å². The summed E-state index contributed by atoms with van der Waals surface area (Å²) < 4.78 is 4.65. The highest BCUT2D eigenvalue weighted by Gasteiger charge is 2.30. The molecular formula is C14H29NO2. The van der Waals surface area contributed by atoms with Crippen molar-refractivity contribution in [1.82, 2.24) is 5.32 Å². The topological polar surface area (TPSA) is 38.3 Å². The molecule has 1 unspecified atom stereocenters. The number of methoxy groups -OCH3 is 1. The summed E-state index contributed by atoms with van der Waals surface area (Å²) in [4.78, 5) is 11.2. The van der Waals surface area contributed by atoms with E-state index in [2.05, 4.69) is 37.7 Å². The average molecular weight is 243 g/mol. The summed E-state index contributed by atoms with van der Waals surface area (Å²) in [5.74, 6) is 0. The fraction of sp³-hybridized carbons (Fsp3) is 0.929. The van der Waals surface area contributed by atoms with Crippen molar-refractivity contribution in [2.24, 2.45) is 5.41 Å². The molecule has 0 aliphatic carbocycles. The zero-order valence-corrected chi connectivity index (χ0v) is 12.1. The van der Waals surface area contributed by atoms with Gasteiger partial charge in [-0.25, -0.2) is 4.79 Å². The molecule has 0 aromatic rings. The van der Waals surface area contributed by atoms with Gasteiger partial charge in [0.15, 0.2) is 0 Å². The number of nitrogens with one attached hydrogen (secondary N) is 1. The zero-order valence-electron chi connectivity index (χ0n) is 12.1. The third-order valence-electron chi connectivity index (χ3n) is 3.97. The smallest absolute Gasteiger partial charge is 0.407 e. The summed E-state index contributed by atoms with van der Waals surface area (Å²) >= 11 is 0. The number of rotatable bonds is 8.